The lowest BCUT2D eigenvalue weighted by Gasteiger charge is -2.21. The van der Waals surface area contributed by atoms with Crippen LogP contribution in [0, 0.1) is 0 Å². The van der Waals surface area contributed by atoms with Gasteiger partial charge >= 0.3 is 0 Å². The van der Waals surface area contributed by atoms with Crippen molar-refractivity contribution < 1.29 is 13.7 Å². The number of azide groups is 1. The Labute approximate surface area is 132 Å². The van der Waals surface area contributed by atoms with Gasteiger partial charge in [0.1, 0.15) is 11.9 Å². The average Bonchev–Trinajstić information content (AvgIpc) is 3.09. The summed E-state index contributed by atoms with van der Waals surface area (Å²) in [5, 5.41) is 3.67. The number of hydrogen-bond acceptors (Lipinski definition) is 3. The summed E-state index contributed by atoms with van der Waals surface area (Å²) in [6, 6.07) is 6.22. The average molecular weight is 325 g/mol. The maximum atomic E-state index is 13.0. The third-order valence-electron chi connectivity index (χ3n) is 4.01. The van der Waals surface area contributed by atoms with Crippen LogP contribution in [0.15, 0.2) is 34.3 Å². The molecule has 5 nitrogen and oxygen atoms in total. The molecule has 1 aromatic carbocycles. The molecule has 0 heterocycles. The van der Waals surface area contributed by atoms with Gasteiger partial charge in [-0.3, -0.25) is 4.39 Å². The monoisotopic (exact) mass is 325 g/mol. The highest BCUT2D eigenvalue weighted by Gasteiger charge is 2.29. The molecule has 1 aromatic rings. The molecule has 0 aliphatic heterocycles. The van der Waals surface area contributed by atoms with Crippen LogP contribution in [0.2, 0.25) is 0 Å². The summed E-state index contributed by atoms with van der Waals surface area (Å²) in [4.78, 5) is 3.44. The van der Waals surface area contributed by atoms with Crippen LogP contribution in [0.3, 0.4) is 0 Å². The molecule has 0 radical (unpaired) electrons. The van der Waals surface area contributed by atoms with Crippen LogP contribution in [0.5, 0.6) is 0 Å². The topological polar surface area (TPSA) is 81.0 Å². The van der Waals surface area contributed by atoms with E-state index in [1.54, 1.807) is 24.3 Å². The summed E-state index contributed by atoms with van der Waals surface area (Å²) in [6.45, 7) is -0.793. The second kappa shape index (κ2) is 8.39. The highest BCUT2D eigenvalue weighted by Crippen LogP contribution is 2.31. The molecule has 0 saturated heterocycles. The van der Waals surface area contributed by atoms with E-state index < -0.39 is 30.0 Å². The maximum absolute atomic E-state index is 13.0. The molecular formula is C15H20FN3O2S. The van der Waals surface area contributed by atoms with Crippen molar-refractivity contribution in [3.05, 3.63) is 40.3 Å². The van der Waals surface area contributed by atoms with Crippen LogP contribution in [0.4, 0.5) is 4.39 Å². The van der Waals surface area contributed by atoms with E-state index in [1.807, 2.05) is 0 Å². The van der Waals surface area contributed by atoms with Crippen LogP contribution in [0.1, 0.15) is 37.4 Å². The molecule has 22 heavy (non-hydrogen) atoms. The minimum atomic E-state index is -0.995. The Balaban J connectivity index is 2.13. The molecule has 120 valence electrons. The van der Waals surface area contributed by atoms with Crippen molar-refractivity contribution in [1.29, 1.82) is 0 Å². The van der Waals surface area contributed by atoms with Crippen molar-refractivity contribution in [1.82, 2.24) is 0 Å². The molecular weight excluding hydrogens is 305 g/mol. The minimum Gasteiger partial charge on any atom is -0.611 e. The second-order valence-corrected chi connectivity index (χ2v) is 7.09. The van der Waals surface area contributed by atoms with Crippen molar-refractivity contribution in [3.63, 3.8) is 0 Å². The van der Waals surface area contributed by atoms with Gasteiger partial charge in [0, 0.05) is 12.0 Å². The summed E-state index contributed by atoms with van der Waals surface area (Å²) in [5.74, 6) is 0. The number of halogens is 1. The van der Waals surface area contributed by atoms with Crippen LogP contribution in [-0.2, 0) is 15.9 Å². The summed E-state index contributed by atoms with van der Waals surface area (Å²) in [5.41, 5.74) is 9.21. The SMILES string of the molecule is CO[C@H](c1ccc([S+]([O-])C2CCCC2)cc1)[C@@H](CF)N=[N+]=[N-]. The molecule has 0 spiro atoms. The summed E-state index contributed by atoms with van der Waals surface area (Å²) in [7, 11) is 1.45. The zero-order valence-electron chi connectivity index (χ0n) is 12.5. The van der Waals surface area contributed by atoms with Gasteiger partial charge in [-0.15, -0.1) is 0 Å². The number of alkyl halides is 1. The predicted octanol–water partition coefficient (Wildman–Crippen LogP) is 4.07. The Hall–Kier alpha value is -1.27. The summed E-state index contributed by atoms with van der Waals surface area (Å²) < 4.78 is 30.7. The van der Waals surface area contributed by atoms with Gasteiger partial charge in [-0.2, -0.15) is 0 Å². The molecule has 1 saturated carbocycles. The highest BCUT2D eigenvalue weighted by atomic mass is 32.2. The van der Waals surface area contributed by atoms with E-state index in [2.05, 4.69) is 10.0 Å². The molecule has 7 heteroatoms. The van der Waals surface area contributed by atoms with E-state index in [0.29, 0.717) is 5.56 Å². The van der Waals surface area contributed by atoms with E-state index >= 15 is 0 Å². The first kappa shape index (κ1) is 17.1. The van der Waals surface area contributed by atoms with Crippen molar-refractivity contribution in [2.75, 3.05) is 13.8 Å². The lowest BCUT2D eigenvalue weighted by Crippen LogP contribution is -2.21. The molecule has 1 fully saturated rings. The Morgan fingerprint density at radius 1 is 1.41 bits per heavy atom. The minimum absolute atomic E-state index is 0.242. The van der Waals surface area contributed by atoms with E-state index in [-0.39, 0.29) is 5.25 Å². The lowest BCUT2D eigenvalue weighted by atomic mass is 10.0. The molecule has 1 unspecified atom stereocenters. The van der Waals surface area contributed by atoms with Crippen molar-refractivity contribution >= 4 is 11.2 Å². The van der Waals surface area contributed by atoms with E-state index in [0.717, 1.165) is 30.6 Å². The number of rotatable bonds is 7. The van der Waals surface area contributed by atoms with E-state index in [9.17, 15) is 8.94 Å². The summed E-state index contributed by atoms with van der Waals surface area (Å²) >= 11 is -0.995. The van der Waals surface area contributed by atoms with Gasteiger partial charge in [-0.1, -0.05) is 17.2 Å². The van der Waals surface area contributed by atoms with E-state index in [4.69, 9.17) is 10.3 Å². The Morgan fingerprint density at radius 2 is 2.05 bits per heavy atom. The fraction of sp³-hybridized carbons (Fsp3) is 0.600. The van der Waals surface area contributed by atoms with Gasteiger partial charge in [-0.25, -0.2) is 0 Å². The maximum Gasteiger partial charge on any atom is 0.152 e. The fourth-order valence-corrected chi connectivity index (χ4v) is 4.39. The Morgan fingerprint density at radius 3 is 2.55 bits per heavy atom. The van der Waals surface area contributed by atoms with Gasteiger partial charge in [-0.05, 0) is 60.1 Å². The van der Waals surface area contributed by atoms with Crippen molar-refractivity contribution in [2.45, 2.75) is 48.0 Å². The molecule has 2 rings (SSSR count). The van der Waals surface area contributed by atoms with Crippen molar-refractivity contribution in [2.24, 2.45) is 5.11 Å². The van der Waals surface area contributed by atoms with Crippen LogP contribution >= 0.6 is 0 Å². The van der Waals surface area contributed by atoms with Gasteiger partial charge in [0.2, 0.25) is 0 Å². The predicted molar refractivity (Wildman–Crippen MR) is 83.8 cm³/mol. The van der Waals surface area contributed by atoms with Gasteiger partial charge in [0.05, 0.1) is 12.1 Å². The van der Waals surface area contributed by atoms with Crippen LogP contribution < -0.4 is 0 Å². The van der Waals surface area contributed by atoms with Gasteiger partial charge < -0.3 is 9.29 Å². The van der Waals surface area contributed by atoms with Crippen LogP contribution in [-0.4, -0.2) is 29.6 Å². The zero-order valence-corrected chi connectivity index (χ0v) is 13.3. The molecule has 0 amide bonds. The van der Waals surface area contributed by atoms with Gasteiger partial charge in [0.15, 0.2) is 4.90 Å². The molecule has 0 bridgehead atoms. The van der Waals surface area contributed by atoms with E-state index in [1.165, 1.54) is 7.11 Å². The normalized spacial score (nSPS) is 19.4. The number of hydrogen-bond donors (Lipinski definition) is 0. The first-order valence-corrected chi connectivity index (χ1v) is 8.56. The molecule has 0 aromatic heterocycles. The number of ether oxygens (including phenoxy) is 1. The summed E-state index contributed by atoms with van der Waals surface area (Å²) in [6.07, 6.45) is 3.66. The van der Waals surface area contributed by atoms with Crippen LogP contribution in [0.25, 0.3) is 10.4 Å². The molecule has 3 atom stereocenters. The highest BCUT2D eigenvalue weighted by molar-refractivity contribution is 7.92. The molecule has 1 aliphatic rings. The van der Waals surface area contributed by atoms with Gasteiger partial charge in [0.25, 0.3) is 0 Å². The smallest absolute Gasteiger partial charge is 0.152 e. The fourth-order valence-electron chi connectivity index (χ4n) is 2.84. The third-order valence-corrected chi connectivity index (χ3v) is 5.82. The Bertz CT molecular complexity index is 516. The number of benzene rings is 1. The lowest BCUT2D eigenvalue weighted by molar-refractivity contribution is 0.0721. The number of nitrogens with zero attached hydrogens (tertiary/aromatic N) is 3. The quantitative estimate of drug-likeness (QED) is 0.328. The standard InChI is InChI=1S/C15H20FN3O2S/c1-21-15(14(10-16)18-19-17)11-6-8-13(9-7-11)22(20)12-4-2-3-5-12/h6-9,12,14-15H,2-5,10H2,1H3/t14-,15-,22?/m1/s1. The third kappa shape index (κ3) is 3.93. The molecule has 0 N–H and O–H groups in total. The first-order chi connectivity index (χ1) is 10.7. The second-order valence-electron chi connectivity index (χ2n) is 5.36. The first-order valence-electron chi connectivity index (χ1n) is 7.34. The molecule has 1 aliphatic carbocycles. The largest absolute Gasteiger partial charge is 0.611 e. The Kier molecular flexibility index (Phi) is 6.51. The van der Waals surface area contributed by atoms with Crippen molar-refractivity contribution in [3.8, 4) is 0 Å². The number of methoxy groups -OCH3 is 1. The zero-order chi connectivity index (χ0) is 15.9.